The number of aromatic nitrogens is 3. The molecule has 0 atom stereocenters. The van der Waals surface area contributed by atoms with Gasteiger partial charge in [0.15, 0.2) is 11.4 Å². The summed E-state index contributed by atoms with van der Waals surface area (Å²) < 4.78 is 82.8. The number of carbonyl (C=O) groups is 2. The molecule has 3 aromatic heterocycles. The number of halogens is 3. The molecule has 0 radical (unpaired) electrons. The third-order valence-corrected chi connectivity index (χ3v) is 6.80. The van der Waals surface area contributed by atoms with Crippen LogP contribution in [0.2, 0.25) is 0 Å². The minimum atomic E-state index is -6.15. The Hall–Kier alpha value is -3.31. The standard InChI is InChI=1S/C20H18F3N3O8S3/c1-4-31-13-7-10(16-24-11(8-35-16)18(27)32-5-2)15(34-37(29,30)20(21,22)23)26-14(13)17-25-12(9-36-17)19(28)33-6-3/h7-9H,4-6H2,1-3H3. The Kier molecular flexibility index (Phi) is 8.70. The summed E-state index contributed by atoms with van der Waals surface area (Å²) >= 11 is 1.70. The molecule has 11 nitrogen and oxygen atoms in total. The molecule has 0 unspecified atom stereocenters. The van der Waals surface area contributed by atoms with Crippen LogP contribution in [0, 0.1) is 0 Å². The van der Waals surface area contributed by atoms with Gasteiger partial charge in [-0.25, -0.2) is 24.5 Å². The Bertz CT molecular complexity index is 1400. The lowest BCUT2D eigenvalue weighted by atomic mass is 10.2. The summed E-state index contributed by atoms with van der Waals surface area (Å²) in [6.45, 7) is 5.00. The number of alkyl halides is 3. The molecule has 3 rings (SSSR count). The second-order valence-corrected chi connectivity index (χ2v) is 9.87. The van der Waals surface area contributed by atoms with Gasteiger partial charge in [0.2, 0.25) is 5.88 Å². The molecule has 0 aliphatic heterocycles. The number of thiazole rings is 2. The van der Waals surface area contributed by atoms with Crippen LogP contribution in [0.3, 0.4) is 0 Å². The van der Waals surface area contributed by atoms with Gasteiger partial charge in [-0.05, 0) is 26.8 Å². The van der Waals surface area contributed by atoms with E-state index in [0.717, 1.165) is 28.7 Å². The van der Waals surface area contributed by atoms with Crippen molar-refractivity contribution >= 4 is 44.7 Å². The molecular formula is C20H18F3N3O8S3. The van der Waals surface area contributed by atoms with Crippen LogP contribution in [0.25, 0.3) is 21.3 Å². The fraction of sp³-hybridized carbons (Fsp3) is 0.350. The molecule has 17 heteroatoms. The van der Waals surface area contributed by atoms with Crippen LogP contribution in [0.5, 0.6) is 11.6 Å². The number of hydrogen-bond donors (Lipinski definition) is 0. The average Bonchev–Trinajstić information content (AvgIpc) is 3.50. The summed E-state index contributed by atoms with van der Waals surface area (Å²) in [7, 11) is -6.15. The van der Waals surface area contributed by atoms with Gasteiger partial charge in [0.25, 0.3) is 0 Å². The second-order valence-electron chi connectivity index (χ2n) is 6.62. The predicted molar refractivity (Wildman–Crippen MR) is 125 cm³/mol. The zero-order chi connectivity index (χ0) is 27.4. The second kappa shape index (κ2) is 11.4. The maximum absolute atomic E-state index is 13.1. The Morgan fingerprint density at radius 2 is 1.43 bits per heavy atom. The summed E-state index contributed by atoms with van der Waals surface area (Å²) in [6, 6.07) is 1.16. The number of esters is 2. The van der Waals surface area contributed by atoms with Crippen molar-refractivity contribution < 1.29 is 49.6 Å². The smallest absolute Gasteiger partial charge is 0.491 e. The van der Waals surface area contributed by atoms with Gasteiger partial charge >= 0.3 is 27.6 Å². The number of ether oxygens (including phenoxy) is 3. The zero-order valence-electron chi connectivity index (χ0n) is 19.3. The lowest BCUT2D eigenvalue weighted by Gasteiger charge is -2.15. The molecule has 0 bridgehead atoms. The fourth-order valence-corrected chi connectivity index (χ4v) is 4.65. The fourth-order valence-electron chi connectivity index (χ4n) is 2.64. The maximum atomic E-state index is 13.1. The van der Waals surface area contributed by atoms with Crippen molar-refractivity contribution in [2.45, 2.75) is 26.3 Å². The van der Waals surface area contributed by atoms with Crippen LogP contribution in [0.4, 0.5) is 13.2 Å². The van der Waals surface area contributed by atoms with Gasteiger partial charge in [0.05, 0.1) is 25.4 Å². The minimum absolute atomic E-state index is 0.0126. The van der Waals surface area contributed by atoms with Crippen LogP contribution in [-0.2, 0) is 19.6 Å². The molecule has 0 spiro atoms. The first kappa shape index (κ1) is 28.3. The predicted octanol–water partition coefficient (Wildman–Crippen LogP) is 4.31. The van der Waals surface area contributed by atoms with Crippen molar-refractivity contribution in [1.82, 2.24) is 15.0 Å². The number of nitrogens with zero attached hydrogens (tertiary/aromatic N) is 3. The quantitative estimate of drug-likeness (QED) is 0.192. The van der Waals surface area contributed by atoms with Gasteiger partial charge < -0.3 is 18.4 Å². The van der Waals surface area contributed by atoms with Crippen LogP contribution in [0.15, 0.2) is 16.8 Å². The number of carbonyl (C=O) groups excluding carboxylic acids is 2. The topological polar surface area (TPSA) is 144 Å². The molecule has 0 fully saturated rings. The van der Waals surface area contributed by atoms with Gasteiger partial charge in [-0.1, -0.05) is 0 Å². The Balaban J connectivity index is 2.21. The highest BCUT2D eigenvalue weighted by Crippen LogP contribution is 2.41. The van der Waals surface area contributed by atoms with Gasteiger partial charge in [0, 0.05) is 10.8 Å². The van der Waals surface area contributed by atoms with Gasteiger partial charge in [-0.3, -0.25) is 0 Å². The van der Waals surface area contributed by atoms with Gasteiger partial charge in [-0.15, -0.1) is 22.7 Å². The molecule has 0 amide bonds. The van der Waals surface area contributed by atoms with Gasteiger partial charge in [0.1, 0.15) is 21.5 Å². The van der Waals surface area contributed by atoms with Crippen LogP contribution in [-0.4, -0.2) is 60.6 Å². The largest absolute Gasteiger partial charge is 0.534 e. The van der Waals surface area contributed by atoms with Crippen molar-refractivity contribution in [3.05, 3.63) is 28.2 Å². The molecule has 3 heterocycles. The zero-order valence-corrected chi connectivity index (χ0v) is 21.8. The van der Waals surface area contributed by atoms with E-state index in [-0.39, 0.29) is 58.2 Å². The summed E-state index contributed by atoms with van der Waals surface area (Å²) in [5.74, 6) is -2.55. The number of pyridine rings is 1. The van der Waals surface area contributed by atoms with E-state index in [1.807, 2.05) is 0 Å². The van der Waals surface area contributed by atoms with E-state index in [2.05, 4.69) is 19.1 Å². The molecule has 0 aromatic carbocycles. The summed E-state index contributed by atoms with van der Waals surface area (Å²) in [4.78, 5) is 36.1. The van der Waals surface area contributed by atoms with E-state index < -0.39 is 33.4 Å². The molecule has 0 saturated carbocycles. The third-order valence-electron chi connectivity index (χ3n) is 4.14. The molecule has 0 aliphatic rings. The molecule has 3 aromatic rings. The summed E-state index contributed by atoms with van der Waals surface area (Å²) in [5, 5.41) is 2.52. The maximum Gasteiger partial charge on any atom is 0.534 e. The van der Waals surface area contributed by atoms with Crippen molar-refractivity contribution in [3.63, 3.8) is 0 Å². The lowest BCUT2D eigenvalue weighted by molar-refractivity contribution is -0.0501. The van der Waals surface area contributed by atoms with Crippen LogP contribution in [0.1, 0.15) is 41.7 Å². The van der Waals surface area contributed by atoms with Crippen LogP contribution < -0.4 is 8.92 Å². The van der Waals surface area contributed by atoms with E-state index in [1.165, 1.54) is 10.8 Å². The monoisotopic (exact) mass is 581 g/mol. The average molecular weight is 582 g/mol. The highest BCUT2D eigenvalue weighted by molar-refractivity contribution is 7.88. The van der Waals surface area contributed by atoms with Crippen molar-refractivity contribution in [1.29, 1.82) is 0 Å². The first-order chi connectivity index (χ1) is 17.4. The Morgan fingerprint density at radius 3 is 1.95 bits per heavy atom. The van der Waals surface area contributed by atoms with E-state index >= 15 is 0 Å². The Morgan fingerprint density at radius 1 is 0.892 bits per heavy atom. The van der Waals surface area contributed by atoms with E-state index in [4.69, 9.17) is 14.2 Å². The number of hydrogen-bond acceptors (Lipinski definition) is 13. The van der Waals surface area contributed by atoms with Crippen molar-refractivity contribution in [2.24, 2.45) is 0 Å². The molecule has 0 saturated heterocycles. The molecular weight excluding hydrogens is 563 g/mol. The molecule has 0 aliphatic carbocycles. The van der Waals surface area contributed by atoms with E-state index in [1.54, 1.807) is 20.8 Å². The normalized spacial score (nSPS) is 11.7. The van der Waals surface area contributed by atoms with Crippen molar-refractivity contribution in [2.75, 3.05) is 19.8 Å². The summed E-state index contributed by atoms with van der Waals surface area (Å²) in [6.07, 6.45) is 0. The summed E-state index contributed by atoms with van der Waals surface area (Å²) in [5.41, 5.74) is -6.52. The molecule has 0 N–H and O–H groups in total. The Labute approximate surface area is 216 Å². The highest BCUT2D eigenvalue weighted by atomic mass is 32.2. The first-order valence-corrected chi connectivity index (χ1v) is 13.5. The minimum Gasteiger partial charge on any atom is -0.491 e. The van der Waals surface area contributed by atoms with Gasteiger partial charge in [-0.2, -0.15) is 21.6 Å². The molecule has 37 heavy (non-hydrogen) atoms. The SMILES string of the molecule is CCOC(=O)c1csc(-c2cc(OCC)c(-c3nc(C(=O)OCC)cs3)nc2OS(=O)(=O)C(F)(F)F)n1. The lowest BCUT2D eigenvalue weighted by Crippen LogP contribution is -2.28. The van der Waals surface area contributed by atoms with E-state index in [9.17, 15) is 31.2 Å². The van der Waals surface area contributed by atoms with E-state index in [0.29, 0.717) is 0 Å². The molecule has 200 valence electrons. The van der Waals surface area contributed by atoms with Crippen LogP contribution >= 0.6 is 22.7 Å². The highest BCUT2D eigenvalue weighted by Gasteiger charge is 2.49. The first-order valence-electron chi connectivity index (χ1n) is 10.4. The van der Waals surface area contributed by atoms with Crippen molar-refractivity contribution in [3.8, 4) is 32.9 Å². The number of rotatable bonds is 10. The third kappa shape index (κ3) is 6.34.